The first kappa shape index (κ1) is 7.80. The van der Waals surface area contributed by atoms with Crippen LogP contribution in [-0.2, 0) is 9.59 Å². The van der Waals surface area contributed by atoms with Gasteiger partial charge in [0.1, 0.15) is 0 Å². The van der Waals surface area contributed by atoms with E-state index in [0.717, 1.165) is 0 Å². The van der Waals surface area contributed by atoms with Gasteiger partial charge >= 0.3 is 5.97 Å². The highest BCUT2D eigenvalue weighted by molar-refractivity contribution is 5.73. The van der Waals surface area contributed by atoms with E-state index in [1.165, 1.54) is 0 Å². The Morgan fingerprint density at radius 2 is 2.18 bits per heavy atom. The molecule has 0 aromatic rings. The molecule has 0 aliphatic heterocycles. The van der Waals surface area contributed by atoms with Crippen LogP contribution in [0.25, 0.3) is 0 Å². The van der Waals surface area contributed by atoms with E-state index in [0.29, 0.717) is 19.1 Å². The van der Waals surface area contributed by atoms with Crippen LogP contribution in [0, 0.1) is 23.7 Å². The molecule has 0 atom stereocenters. The van der Waals surface area contributed by atoms with Crippen molar-refractivity contribution < 1.29 is 14.7 Å². The second kappa shape index (κ2) is 3.20. The van der Waals surface area contributed by atoms with Gasteiger partial charge < -0.3 is 5.11 Å². The average Bonchev–Trinajstić information content (AvgIpc) is 1.84. The summed E-state index contributed by atoms with van der Waals surface area (Å²) in [7, 11) is 0. The first-order chi connectivity index (χ1) is 5.24. The monoisotopic (exact) mass is 152 g/mol. The Morgan fingerprint density at radius 1 is 1.55 bits per heavy atom. The maximum Gasteiger partial charge on any atom is 0.306 e. The van der Waals surface area contributed by atoms with Gasteiger partial charge in [-0.1, -0.05) is 5.92 Å². The number of hydrogen-bond acceptors (Lipinski definition) is 2. The molecule has 0 aromatic carbocycles. The smallest absolute Gasteiger partial charge is 0.306 e. The van der Waals surface area contributed by atoms with Crippen molar-refractivity contribution in [3.05, 3.63) is 0 Å². The van der Waals surface area contributed by atoms with Crippen molar-refractivity contribution in [3.8, 4) is 11.8 Å². The Morgan fingerprint density at radius 3 is 2.64 bits per heavy atom. The van der Waals surface area contributed by atoms with Crippen LogP contribution in [0.3, 0.4) is 0 Å². The number of aliphatic carboxylic acids is 1. The van der Waals surface area contributed by atoms with Crippen molar-refractivity contribution in [1.29, 1.82) is 0 Å². The van der Waals surface area contributed by atoms with Gasteiger partial charge in [-0.05, 0) is 18.8 Å². The van der Waals surface area contributed by atoms with E-state index in [4.69, 9.17) is 5.11 Å². The minimum Gasteiger partial charge on any atom is -0.481 e. The third-order valence-corrected chi connectivity index (χ3v) is 1.83. The molecule has 0 saturated heterocycles. The summed E-state index contributed by atoms with van der Waals surface area (Å²) in [6, 6.07) is 0. The molecule has 1 saturated carbocycles. The molecule has 11 heavy (non-hydrogen) atoms. The molecule has 0 aromatic heterocycles. The van der Waals surface area contributed by atoms with E-state index in [1.807, 2.05) is 0 Å². The van der Waals surface area contributed by atoms with Crippen LogP contribution in [0.2, 0.25) is 0 Å². The molecule has 1 aliphatic carbocycles. The lowest BCUT2D eigenvalue weighted by molar-refractivity contribution is -0.145. The van der Waals surface area contributed by atoms with E-state index < -0.39 is 5.97 Å². The molecule has 1 fully saturated rings. The molecule has 58 valence electrons. The van der Waals surface area contributed by atoms with Gasteiger partial charge in [0, 0.05) is 5.92 Å². The predicted octanol–water partition coefficient (Wildman–Crippen LogP) is 0.299. The largest absolute Gasteiger partial charge is 0.481 e. The molecule has 3 nitrogen and oxygen atoms in total. The lowest BCUT2D eigenvalue weighted by atomic mass is 9.75. The zero-order valence-corrected chi connectivity index (χ0v) is 5.91. The molecule has 3 heteroatoms. The Labute approximate surface area is 64.4 Å². The first-order valence-corrected chi connectivity index (χ1v) is 3.41. The minimum atomic E-state index is -0.755. The molecule has 1 N–H and O–H groups in total. The van der Waals surface area contributed by atoms with Gasteiger partial charge in [-0.2, -0.15) is 0 Å². The third kappa shape index (κ3) is 1.81. The number of carboxylic acid groups (broad SMARTS) is 1. The van der Waals surface area contributed by atoms with Crippen molar-refractivity contribution in [2.75, 3.05) is 0 Å². The zero-order valence-electron chi connectivity index (χ0n) is 5.91. The highest BCUT2D eigenvalue weighted by Gasteiger charge is 2.33. The topological polar surface area (TPSA) is 54.4 Å². The molecule has 0 amide bonds. The van der Waals surface area contributed by atoms with Crippen molar-refractivity contribution in [2.45, 2.75) is 12.8 Å². The van der Waals surface area contributed by atoms with Crippen LogP contribution in [0.5, 0.6) is 0 Å². The Hall–Kier alpha value is -1.30. The summed E-state index contributed by atoms with van der Waals surface area (Å²) in [6.07, 6.45) is 1.72. The summed E-state index contributed by atoms with van der Waals surface area (Å²) in [5, 5.41) is 8.46. The SMILES string of the molecule is O=CC#CC1CC(C(=O)O)C1. The second-order valence-corrected chi connectivity index (χ2v) is 2.61. The predicted molar refractivity (Wildman–Crippen MR) is 37.7 cm³/mol. The van der Waals surface area contributed by atoms with Crippen LogP contribution in [-0.4, -0.2) is 17.4 Å². The van der Waals surface area contributed by atoms with E-state index >= 15 is 0 Å². The van der Waals surface area contributed by atoms with Gasteiger partial charge in [0.15, 0.2) is 6.29 Å². The van der Waals surface area contributed by atoms with Gasteiger partial charge in [-0.25, -0.2) is 0 Å². The summed E-state index contributed by atoms with van der Waals surface area (Å²) in [4.78, 5) is 20.1. The maximum absolute atomic E-state index is 10.3. The van der Waals surface area contributed by atoms with Crippen LogP contribution in [0.1, 0.15) is 12.8 Å². The van der Waals surface area contributed by atoms with E-state index in [9.17, 15) is 9.59 Å². The van der Waals surface area contributed by atoms with Gasteiger partial charge in [-0.3, -0.25) is 9.59 Å². The normalized spacial score (nSPS) is 27.6. The summed E-state index contributed by atoms with van der Waals surface area (Å²) >= 11 is 0. The van der Waals surface area contributed by atoms with Crippen molar-refractivity contribution >= 4 is 12.3 Å². The fourth-order valence-electron chi connectivity index (χ4n) is 1.09. The number of hydrogen-bond donors (Lipinski definition) is 1. The molecule has 0 unspecified atom stereocenters. The summed E-state index contributed by atoms with van der Waals surface area (Å²) in [5.74, 6) is 4.09. The first-order valence-electron chi connectivity index (χ1n) is 3.41. The fourth-order valence-corrected chi connectivity index (χ4v) is 1.09. The summed E-state index contributed by atoms with van der Waals surface area (Å²) in [6.45, 7) is 0. The minimum absolute atomic E-state index is 0.126. The molecule has 0 radical (unpaired) electrons. The van der Waals surface area contributed by atoms with Crippen LogP contribution >= 0.6 is 0 Å². The average molecular weight is 152 g/mol. The van der Waals surface area contributed by atoms with Crippen molar-refractivity contribution in [2.24, 2.45) is 11.8 Å². The zero-order chi connectivity index (χ0) is 8.27. The number of rotatable bonds is 1. The molecule has 0 heterocycles. The van der Waals surface area contributed by atoms with Crippen LogP contribution in [0.15, 0.2) is 0 Å². The second-order valence-electron chi connectivity index (χ2n) is 2.61. The van der Waals surface area contributed by atoms with E-state index in [1.54, 1.807) is 0 Å². The van der Waals surface area contributed by atoms with Gasteiger partial charge in [0.05, 0.1) is 5.92 Å². The van der Waals surface area contributed by atoms with E-state index in [-0.39, 0.29) is 11.8 Å². The van der Waals surface area contributed by atoms with Crippen LogP contribution in [0.4, 0.5) is 0 Å². The summed E-state index contributed by atoms with van der Waals surface area (Å²) in [5.41, 5.74) is 0. The molecule has 0 spiro atoms. The van der Waals surface area contributed by atoms with Crippen molar-refractivity contribution in [3.63, 3.8) is 0 Å². The quantitative estimate of drug-likeness (QED) is 0.434. The number of aldehydes is 1. The third-order valence-electron chi connectivity index (χ3n) is 1.83. The number of carbonyl (C=O) groups is 2. The lowest BCUT2D eigenvalue weighted by Gasteiger charge is -2.27. The van der Waals surface area contributed by atoms with E-state index in [2.05, 4.69) is 11.8 Å². The molecular weight excluding hydrogens is 144 g/mol. The molecular formula is C8H8O3. The number of carbonyl (C=O) groups excluding carboxylic acids is 1. The fraction of sp³-hybridized carbons (Fsp3) is 0.500. The van der Waals surface area contributed by atoms with Gasteiger partial charge in [0.2, 0.25) is 0 Å². The Kier molecular flexibility index (Phi) is 2.27. The highest BCUT2D eigenvalue weighted by Crippen LogP contribution is 2.32. The molecule has 0 bridgehead atoms. The Bertz CT molecular complexity index is 227. The van der Waals surface area contributed by atoms with Crippen LogP contribution < -0.4 is 0 Å². The van der Waals surface area contributed by atoms with Crippen molar-refractivity contribution in [1.82, 2.24) is 0 Å². The maximum atomic E-state index is 10.3. The number of carboxylic acids is 1. The highest BCUT2D eigenvalue weighted by atomic mass is 16.4. The Balaban J connectivity index is 2.29. The van der Waals surface area contributed by atoms with Gasteiger partial charge in [-0.15, -0.1) is 0 Å². The lowest BCUT2D eigenvalue weighted by Crippen LogP contribution is -2.29. The summed E-state index contributed by atoms with van der Waals surface area (Å²) < 4.78 is 0. The molecule has 1 rings (SSSR count). The standard InChI is InChI=1S/C8H8O3/c9-3-1-2-6-4-7(5-6)8(10)11/h3,6-7H,4-5H2,(H,10,11). The van der Waals surface area contributed by atoms with Gasteiger partial charge in [0.25, 0.3) is 0 Å². The molecule has 1 aliphatic rings.